The van der Waals surface area contributed by atoms with Gasteiger partial charge in [0, 0.05) is 22.2 Å². The van der Waals surface area contributed by atoms with E-state index >= 15 is 0 Å². The molecule has 0 aromatic heterocycles. The molecule has 0 saturated carbocycles. The van der Waals surface area contributed by atoms with Crippen molar-refractivity contribution in [2.45, 2.75) is 58.9 Å². The van der Waals surface area contributed by atoms with Gasteiger partial charge < -0.3 is 4.90 Å². The maximum Gasteiger partial charge on any atom is 0.335 e. The highest BCUT2D eigenvalue weighted by Crippen LogP contribution is 2.44. The van der Waals surface area contributed by atoms with E-state index in [2.05, 4.69) is 66.0 Å². The van der Waals surface area contributed by atoms with Gasteiger partial charge in [0.15, 0.2) is 0 Å². The molecule has 2 aliphatic heterocycles. The Morgan fingerprint density at radius 2 is 1.91 bits per heavy atom. The van der Waals surface area contributed by atoms with Gasteiger partial charge in [0.1, 0.15) is 5.57 Å². The van der Waals surface area contributed by atoms with Crippen molar-refractivity contribution in [3.8, 4) is 0 Å². The first-order valence-corrected chi connectivity index (χ1v) is 12.4. The number of aryl methyl sites for hydroxylation is 1. The summed E-state index contributed by atoms with van der Waals surface area (Å²) in [6.45, 7) is 11.9. The molecule has 1 saturated heterocycles. The second-order valence-electron chi connectivity index (χ2n) is 9.77. The summed E-state index contributed by atoms with van der Waals surface area (Å²) in [4.78, 5) is 42.0. The summed E-state index contributed by atoms with van der Waals surface area (Å²) in [5.74, 6) is -0.975. The Morgan fingerprint density at radius 3 is 2.59 bits per heavy atom. The third kappa shape index (κ3) is 4.29. The smallest absolute Gasteiger partial charge is 0.335 e. The number of nitrogens with zero attached hydrogens (tertiary/aromatic N) is 2. The Kier molecular flexibility index (Phi) is 6.42. The summed E-state index contributed by atoms with van der Waals surface area (Å²) >= 11 is 3.37. The topological polar surface area (TPSA) is 69.7 Å². The number of carbonyl (C=O) groups is 3. The highest BCUT2D eigenvalue weighted by molar-refractivity contribution is 9.10. The van der Waals surface area contributed by atoms with Gasteiger partial charge in [-0.05, 0) is 92.6 Å². The highest BCUT2D eigenvalue weighted by Gasteiger charge is 2.38. The standard InChI is InChI=1S/C27H30BrN3O3/c1-6-10-30-23-11-16(2)18(12-21(23)17(3)15-27(30,4)5)13-22-24(32)29-26(34)31(25(22)33)20-9-7-8-19(28)14-20/h7-9,11-14,17H,6,10,15H2,1-5H3,(H,29,32,34)/b22-13-. The lowest BCUT2D eigenvalue weighted by Crippen LogP contribution is -2.54. The minimum atomic E-state index is -0.751. The first kappa shape index (κ1) is 24.2. The molecule has 1 fully saturated rings. The summed E-state index contributed by atoms with van der Waals surface area (Å²) in [5, 5.41) is 2.31. The van der Waals surface area contributed by atoms with E-state index in [1.54, 1.807) is 30.3 Å². The van der Waals surface area contributed by atoms with Gasteiger partial charge >= 0.3 is 6.03 Å². The summed E-state index contributed by atoms with van der Waals surface area (Å²) in [6.07, 6.45) is 3.68. The molecule has 2 aliphatic rings. The first-order valence-electron chi connectivity index (χ1n) is 11.6. The van der Waals surface area contributed by atoms with Crippen molar-refractivity contribution in [2.75, 3.05) is 16.3 Å². The Bertz CT molecular complexity index is 1220. The molecule has 2 aromatic carbocycles. The van der Waals surface area contributed by atoms with Crippen LogP contribution in [0.25, 0.3) is 6.08 Å². The van der Waals surface area contributed by atoms with Crippen molar-refractivity contribution in [3.63, 3.8) is 0 Å². The lowest BCUT2D eigenvalue weighted by molar-refractivity contribution is -0.122. The molecule has 7 heteroatoms. The molecule has 0 aliphatic carbocycles. The van der Waals surface area contributed by atoms with Crippen molar-refractivity contribution < 1.29 is 14.4 Å². The van der Waals surface area contributed by atoms with Gasteiger partial charge in [-0.15, -0.1) is 0 Å². The Morgan fingerprint density at radius 1 is 1.18 bits per heavy atom. The number of urea groups is 1. The summed E-state index contributed by atoms with van der Waals surface area (Å²) in [6, 6.07) is 10.4. The van der Waals surface area contributed by atoms with E-state index in [9.17, 15) is 14.4 Å². The average molecular weight is 524 g/mol. The fraction of sp³-hybridized carbons (Fsp3) is 0.370. The molecule has 2 heterocycles. The molecule has 0 radical (unpaired) electrons. The third-order valence-corrected chi connectivity index (χ3v) is 7.18. The number of hydrogen-bond acceptors (Lipinski definition) is 4. The number of anilines is 2. The van der Waals surface area contributed by atoms with E-state index in [0.717, 1.165) is 39.9 Å². The lowest BCUT2D eigenvalue weighted by atomic mass is 9.78. The van der Waals surface area contributed by atoms with Gasteiger partial charge in [-0.3, -0.25) is 14.9 Å². The number of carbonyl (C=O) groups excluding carboxylic acids is 3. The Balaban J connectivity index is 1.78. The second kappa shape index (κ2) is 9.02. The van der Waals surface area contributed by atoms with Crippen molar-refractivity contribution in [3.05, 3.63) is 63.1 Å². The molecular formula is C27H30BrN3O3. The van der Waals surface area contributed by atoms with E-state index in [1.165, 1.54) is 11.3 Å². The van der Waals surface area contributed by atoms with Crippen LogP contribution in [-0.2, 0) is 9.59 Å². The third-order valence-electron chi connectivity index (χ3n) is 6.69. The number of imide groups is 2. The first-order chi connectivity index (χ1) is 16.0. The largest absolute Gasteiger partial charge is 0.366 e. The molecule has 0 spiro atoms. The zero-order valence-electron chi connectivity index (χ0n) is 20.2. The molecule has 6 nitrogen and oxygen atoms in total. The minimum Gasteiger partial charge on any atom is -0.366 e. The molecule has 0 bridgehead atoms. The van der Waals surface area contributed by atoms with E-state index in [-0.39, 0.29) is 11.1 Å². The summed E-state index contributed by atoms with van der Waals surface area (Å²) < 4.78 is 0.729. The molecule has 1 atom stereocenters. The lowest BCUT2D eigenvalue weighted by Gasteiger charge is -2.48. The Hall–Kier alpha value is -2.93. The van der Waals surface area contributed by atoms with Crippen molar-refractivity contribution >= 4 is 51.2 Å². The summed E-state index contributed by atoms with van der Waals surface area (Å²) in [7, 11) is 0. The number of hydrogen-bond donors (Lipinski definition) is 1. The van der Waals surface area contributed by atoms with E-state index in [1.807, 2.05) is 6.92 Å². The molecule has 1 N–H and O–H groups in total. The van der Waals surface area contributed by atoms with Crippen LogP contribution in [0.3, 0.4) is 0 Å². The number of barbiturate groups is 1. The number of fused-ring (bicyclic) bond motifs is 1. The number of amides is 4. The van der Waals surface area contributed by atoms with Crippen molar-refractivity contribution in [2.24, 2.45) is 0 Å². The molecule has 4 amide bonds. The number of nitrogens with one attached hydrogen (secondary N) is 1. The van der Waals surface area contributed by atoms with E-state index < -0.39 is 17.8 Å². The van der Waals surface area contributed by atoms with Gasteiger partial charge in [-0.1, -0.05) is 35.8 Å². The van der Waals surface area contributed by atoms with Gasteiger partial charge in [-0.2, -0.15) is 0 Å². The van der Waals surface area contributed by atoms with Crippen LogP contribution < -0.4 is 15.1 Å². The zero-order valence-corrected chi connectivity index (χ0v) is 21.8. The maximum absolute atomic E-state index is 13.3. The second-order valence-corrected chi connectivity index (χ2v) is 10.7. The fourth-order valence-electron chi connectivity index (χ4n) is 5.12. The molecule has 2 aromatic rings. The number of rotatable bonds is 4. The number of halogens is 1. The van der Waals surface area contributed by atoms with Crippen LogP contribution in [0, 0.1) is 6.92 Å². The highest BCUT2D eigenvalue weighted by atomic mass is 79.9. The quantitative estimate of drug-likeness (QED) is 0.398. The SMILES string of the molecule is CCCN1c2cc(C)c(/C=C3/C(=O)NC(=O)N(c4cccc(Br)c4)C3=O)cc2C(C)CC1(C)C. The molecule has 1 unspecified atom stereocenters. The zero-order chi connectivity index (χ0) is 24.8. The molecular weight excluding hydrogens is 494 g/mol. The van der Waals surface area contributed by atoms with Crippen LogP contribution in [0.15, 0.2) is 46.4 Å². The van der Waals surface area contributed by atoms with Crippen LogP contribution in [0.4, 0.5) is 16.2 Å². The minimum absolute atomic E-state index is 0.0545. The normalized spacial score (nSPS) is 21.1. The maximum atomic E-state index is 13.3. The van der Waals surface area contributed by atoms with Gasteiger partial charge in [0.05, 0.1) is 5.69 Å². The van der Waals surface area contributed by atoms with Crippen LogP contribution >= 0.6 is 15.9 Å². The van der Waals surface area contributed by atoms with Crippen LogP contribution in [0.5, 0.6) is 0 Å². The van der Waals surface area contributed by atoms with Gasteiger partial charge in [-0.25, -0.2) is 9.69 Å². The molecule has 34 heavy (non-hydrogen) atoms. The van der Waals surface area contributed by atoms with Crippen LogP contribution in [0.2, 0.25) is 0 Å². The van der Waals surface area contributed by atoms with Crippen LogP contribution in [-0.4, -0.2) is 29.9 Å². The van der Waals surface area contributed by atoms with Crippen LogP contribution in [0.1, 0.15) is 63.1 Å². The predicted molar refractivity (Wildman–Crippen MR) is 139 cm³/mol. The molecule has 178 valence electrons. The monoisotopic (exact) mass is 523 g/mol. The van der Waals surface area contributed by atoms with Gasteiger partial charge in [0.2, 0.25) is 0 Å². The fourth-order valence-corrected chi connectivity index (χ4v) is 5.50. The predicted octanol–water partition coefficient (Wildman–Crippen LogP) is 5.93. The van der Waals surface area contributed by atoms with Crippen molar-refractivity contribution in [1.82, 2.24) is 5.32 Å². The summed E-state index contributed by atoms with van der Waals surface area (Å²) in [5.41, 5.74) is 4.61. The Labute approximate surface area is 209 Å². The van der Waals surface area contributed by atoms with Crippen molar-refractivity contribution in [1.29, 1.82) is 0 Å². The average Bonchev–Trinajstić information content (AvgIpc) is 2.74. The van der Waals surface area contributed by atoms with E-state index in [0.29, 0.717) is 11.6 Å². The van der Waals surface area contributed by atoms with E-state index in [4.69, 9.17) is 0 Å². The molecule has 4 rings (SSSR count). The number of benzene rings is 2. The van der Waals surface area contributed by atoms with Gasteiger partial charge in [0.25, 0.3) is 11.8 Å².